The Labute approximate surface area is 316 Å². The number of benzene rings is 5. The Morgan fingerprint density at radius 3 is 2.28 bits per heavy atom. The minimum Gasteiger partial charge on any atom is -0.392 e. The lowest BCUT2D eigenvalue weighted by atomic mass is 9.89. The molecule has 2 heterocycles. The lowest BCUT2D eigenvalue weighted by molar-refractivity contribution is -0.276. The van der Waals surface area contributed by atoms with E-state index in [4.69, 9.17) is 9.47 Å². The van der Waals surface area contributed by atoms with Gasteiger partial charge < -0.3 is 25.0 Å². The quantitative estimate of drug-likeness (QED) is 0.119. The van der Waals surface area contributed by atoms with E-state index in [1.165, 1.54) is 6.20 Å². The first kappa shape index (κ1) is 37.0. The maximum absolute atomic E-state index is 13.0. The van der Waals surface area contributed by atoms with E-state index < -0.39 is 12.4 Å². The van der Waals surface area contributed by atoms with Crippen molar-refractivity contribution >= 4 is 16.9 Å². The number of aliphatic hydroxyl groups is 2. The van der Waals surface area contributed by atoms with Crippen molar-refractivity contribution in [1.29, 1.82) is 0 Å². The third kappa shape index (κ3) is 8.41. The first-order valence-corrected chi connectivity index (χ1v) is 18.4. The van der Waals surface area contributed by atoms with Gasteiger partial charge in [-0.3, -0.25) is 14.7 Å². The van der Waals surface area contributed by atoms with Crippen LogP contribution in [0.3, 0.4) is 0 Å². The highest BCUT2D eigenvalue weighted by Crippen LogP contribution is 2.42. The number of aliphatic hydroxyl groups excluding tert-OH is 2. The molecule has 0 spiro atoms. The van der Waals surface area contributed by atoms with Crippen LogP contribution in [0.2, 0.25) is 0 Å². The lowest BCUT2D eigenvalue weighted by Gasteiger charge is -2.43. The number of hydrogen-bond donors (Lipinski definition) is 3. The molecule has 3 N–H and O–H groups in total. The standard InChI is InChI=1S/C45H46N4O5/c1-29-41(27-49(3)30(2)42(51)33-12-5-4-6-13-33)53-45(54-43(29)34-21-19-31(28-50)20-22-34)37-16-10-15-36(24-37)35-14-9-11-32(23-35)25-47-44(52)40-26-46-38-17-7-8-18-39(38)48-40/h4-24,26,29-30,41-43,45,50-51H,25,27-28H2,1-3H3,(H,47,52)/t29-,30-,41+,42-,43+,45+/m1/s1. The van der Waals surface area contributed by atoms with Crippen molar-refractivity contribution in [3.05, 3.63) is 167 Å². The van der Waals surface area contributed by atoms with E-state index in [9.17, 15) is 15.0 Å². The van der Waals surface area contributed by atoms with Crippen LogP contribution in [0.4, 0.5) is 0 Å². The maximum atomic E-state index is 13.0. The Balaban J connectivity index is 1.09. The molecule has 9 nitrogen and oxygen atoms in total. The zero-order chi connectivity index (χ0) is 37.6. The van der Waals surface area contributed by atoms with Crippen molar-refractivity contribution < 1.29 is 24.5 Å². The Bertz CT molecular complexity index is 2180. The van der Waals surface area contributed by atoms with Crippen molar-refractivity contribution in [2.24, 2.45) is 5.92 Å². The SMILES string of the molecule is C[C@@H]1[C@H](CN(C)[C@H](C)[C@@H](O)c2ccccc2)O[C@H](c2cccc(-c3cccc(CNC(=O)c4cnc5ccccc5n4)c3)c2)O[C@@H]1c1ccc(CO)cc1. The van der Waals surface area contributed by atoms with Crippen LogP contribution >= 0.6 is 0 Å². The molecule has 5 aromatic carbocycles. The van der Waals surface area contributed by atoms with Crippen molar-refractivity contribution in [3.63, 3.8) is 0 Å². The van der Waals surface area contributed by atoms with Crippen LogP contribution in [0.15, 0.2) is 134 Å². The number of carbonyl (C=O) groups is 1. The molecule has 7 rings (SSSR count). The summed E-state index contributed by atoms with van der Waals surface area (Å²) in [5.41, 5.74) is 8.23. The van der Waals surface area contributed by atoms with Crippen molar-refractivity contribution in [1.82, 2.24) is 20.2 Å². The van der Waals surface area contributed by atoms with Crippen LogP contribution < -0.4 is 5.32 Å². The topological polar surface area (TPSA) is 117 Å². The second-order valence-corrected chi connectivity index (χ2v) is 14.1. The highest BCUT2D eigenvalue weighted by atomic mass is 16.7. The average molecular weight is 723 g/mol. The maximum Gasteiger partial charge on any atom is 0.271 e. The highest BCUT2D eigenvalue weighted by molar-refractivity contribution is 5.93. The predicted octanol–water partition coefficient (Wildman–Crippen LogP) is 7.56. The molecule has 1 aromatic heterocycles. The monoisotopic (exact) mass is 722 g/mol. The molecule has 1 amide bonds. The molecule has 6 atom stereocenters. The number of para-hydroxylation sites is 2. The summed E-state index contributed by atoms with van der Waals surface area (Å²) >= 11 is 0. The summed E-state index contributed by atoms with van der Waals surface area (Å²) in [5.74, 6) is -0.299. The van der Waals surface area contributed by atoms with Gasteiger partial charge in [-0.05, 0) is 71.6 Å². The van der Waals surface area contributed by atoms with Gasteiger partial charge in [-0.25, -0.2) is 4.98 Å². The zero-order valence-electron chi connectivity index (χ0n) is 30.7. The smallest absolute Gasteiger partial charge is 0.271 e. The molecule has 54 heavy (non-hydrogen) atoms. The first-order valence-electron chi connectivity index (χ1n) is 18.4. The van der Waals surface area contributed by atoms with Crippen LogP contribution in [0.5, 0.6) is 0 Å². The fourth-order valence-electron chi connectivity index (χ4n) is 7.01. The average Bonchev–Trinajstić information content (AvgIpc) is 3.23. The summed E-state index contributed by atoms with van der Waals surface area (Å²) in [6, 6.07) is 41.2. The number of nitrogens with zero attached hydrogens (tertiary/aromatic N) is 3. The molecule has 276 valence electrons. The molecule has 9 heteroatoms. The number of aromatic nitrogens is 2. The molecule has 0 bridgehead atoms. The number of carbonyl (C=O) groups excluding carboxylic acids is 1. The second-order valence-electron chi connectivity index (χ2n) is 14.1. The van der Waals surface area contributed by atoms with Crippen LogP contribution in [0.1, 0.15) is 70.7 Å². The molecular formula is C45H46N4O5. The number of hydrogen-bond acceptors (Lipinski definition) is 8. The molecule has 0 unspecified atom stereocenters. The van der Waals surface area contributed by atoms with Gasteiger partial charge >= 0.3 is 0 Å². The van der Waals surface area contributed by atoms with E-state index in [-0.39, 0.29) is 42.4 Å². The van der Waals surface area contributed by atoms with Gasteiger partial charge in [0.05, 0.1) is 42.1 Å². The number of nitrogens with one attached hydrogen (secondary N) is 1. The van der Waals surface area contributed by atoms with E-state index in [1.807, 2.05) is 123 Å². The zero-order valence-corrected chi connectivity index (χ0v) is 30.7. The van der Waals surface area contributed by atoms with Gasteiger partial charge in [-0.15, -0.1) is 0 Å². The first-order chi connectivity index (χ1) is 26.3. The van der Waals surface area contributed by atoms with Crippen LogP contribution in [0.25, 0.3) is 22.2 Å². The molecule has 1 saturated heterocycles. The highest BCUT2D eigenvalue weighted by Gasteiger charge is 2.39. The lowest BCUT2D eigenvalue weighted by Crippen LogP contribution is -2.46. The molecule has 6 aromatic rings. The third-order valence-electron chi connectivity index (χ3n) is 10.4. The molecule has 0 radical (unpaired) electrons. The fraction of sp³-hybridized carbons (Fsp3) is 0.267. The third-order valence-corrected chi connectivity index (χ3v) is 10.4. The minimum absolute atomic E-state index is 0.0135. The summed E-state index contributed by atoms with van der Waals surface area (Å²) in [6.07, 6.45) is -0.294. The number of fused-ring (bicyclic) bond motifs is 1. The molecule has 0 aliphatic carbocycles. The van der Waals surface area contributed by atoms with E-state index in [0.717, 1.165) is 44.5 Å². The van der Waals surface area contributed by atoms with Gasteiger partial charge in [-0.1, -0.05) is 110 Å². The largest absolute Gasteiger partial charge is 0.392 e. The molecule has 1 aliphatic heterocycles. The Hall–Kier alpha value is -5.29. The van der Waals surface area contributed by atoms with Gasteiger partial charge in [-0.2, -0.15) is 0 Å². The Morgan fingerprint density at radius 1 is 0.815 bits per heavy atom. The van der Waals surface area contributed by atoms with E-state index in [2.05, 4.69) is 45.3 Å². The summed E-state index contributed by atoms with van der Waals surface area (Å²) in [7, 11) is 2.02. The summed E-state index contributed by atoms with van der Waals surface area (Å²) in [5, 5.41) is 23.9. The normalized spacial score (nSPS) is 19.7. The van der Waals surface area contributed by atoms with Crippen LogP contribution in [-0.4, -0.2) is 56.7 Å². The van der Waals surface area contributed by atoms with Gasteiger partial charge in [0.15, 0.2) is 6.29 Å². The Morgan fingerprint density at radius 2 is 1.52 bits per heavy atom. The van der Waals surface area contributed by atoms with Crippen molar-refractivity contribution in [2.75, 3.05) is 13.6 Å². The molecule has 1 aliphatic rings. The predicted molar refractivity (Wildman–Crippen MR) is 209 cm³/mol. The number of ether oxygens (including phenoxy) is 2. The van der Waals surface area contributed by atoms with Gasteiger partial charge in [0.2, 0.25) is 0 Å². The van der Waals surface area contributed by atoms with Gasteiger partial charge in [0.1, 0.15) is 5.69 Å². The minimum atomic E-state index is -0.655. The van der Waals surface area contributed by atoms with E-state index >= 15 is 0 Å². The molecule has 0 saturated carbocycles. The van der Waals surface area contributed by atoms with E-state index in [0.29, 0.717) is 18.6 Å². The Kier molecular flexibility index (Phi) is 11.5. The number of likely N-dealkylation sites (N-methyl/N-ethyl adjacent to an activating group) is 1. The summed E-state index contributed by atoms with van der Waals surface area (Å²) in [6.45, 7) is 5.06. The van der Waals surface area contributed by atoms with Gasteiger partial charge in [0.25, 0.3) is 5.91 Å². The fourth-order valence-corrected chi connectivity index (χ4v) is 7.01. The van der Waals surface area contributed by atoms with Gasteiger partial charge in [0, 0.05) is 30.6 Å². The van der Waals surface area contributed by atoms with E-state index in [1.54, 1.807) is 0 Å². The number of rotatable bonds is 12. The van der Waals surface area contributed by atoms with Crippen molar-refractivity contribution in [3.8, 4) is 11.1 Å². The van der Waals surface area contributed by atoms with Crippen molar-refractivity contribution in [2.45, 2.75) is 57.6 Å². The number of amides is 1. The molecular weight excluding hydrogens is 677 g/mol. The summed E-state index contributed by atoms with van der Waals surface area (Å²) in [4.78, 5) is 24.0. The summed E-state index contributed by atoms with van der Waals surface area (Å²) < 4.78 is 13.6. The molecule has 1 fully saturated rings. The second kappa shape index (κ2) is 16.8. The van der Waals surface area contributed by atoms with Crippen LogP contribution in [-0.2, 0) is 22.6 Å². The van der Waals surface area contributed by atoms with Crippen LogP contribution in [0, 0.1) is 5.92 Å².